The number of nitrogens with one attached hydrogen (secondary N) is 1. The first kappa shape index (κ1) is 14.9. The maximum Gasteiger partial charge on any atom is 0.0833 e. The molecule has 0 aromatic carbocycles. The maximum atomic E-state index is 9.69. The van der Waals surface area contributed by atoms with E-state index in [0.717, 1.165) is 32.4 Å². The van der Waals surface area contributed by atoms with Crippen LogP contribution in [0.15, 0.2) is 0 Å². The topological polar surface area (TPSA) is 41.5 Å². The van der Waals surface area contributed by atoms with Gasteiger partial charge in [-0.2, -0.15) is 0 Å². The minimum atomic E-state index is -0.330. The summed E-state index contributed by atoms with van der Waals surface area (Å²) in [6.45, 7) is 8.41. The Labute approximate surface area is 94.2 Å². The van der Waals surface area contributed by atoms with Crippen molar-refractivity contribution in [1.82, 2.24) is 5.32 Å². The van der Waals surface area contributed by atoms with E-state index in [1.165, 1.54) is 0 Å². The van der Waals surface area contributed by atoms with Gasteiger partial charge in [0.1, 0.15) is 0 Å². The van der Waals surface area contributed by atoms with E-state index in [0.29, 0.717) is 5.92 Å². The molecule has 0 aromatic heterocycles. The van der Waals surface area contributed by atoms with Crippen molar-refractivity contribution in [3.8, 4) is 0 Å². The molecule has 0 aliphatic rings. The van der Waals surface area contributed by atoms with E-state index < -0.39 is 0 Å². The molecule has 15 heavy (non-hydrogen) atoms. The standard InChI is InChI=1S/C12H27NO2/c1-5-7-13-9-10(3)8-12(15-4)11(14)6-2/h10-14H,5-9H2,1-4H3/t10?,11?,12-/m0/s1. The average Bonchev–Trinajstić information content (AvgIpc) is 2.25. The summed E-state index contributed by atoms with van der Waals surface area (Å²) in [5.74, 6) is 0.544. The summed E-state index contributed by atoms with van der Waals surface area (Å²) < 4.78 is 5.30. The van der Waals surface area contributed by atoms with Crippen molar-refractivity contribution in [3.05, 3.63) is 0 Å². The van der Waals surface area contributed by atoms with E-state index in [4.69, 9.17) is 4.74 Å². The molecule has 3 atom stereocenters. The van der Waals surface area contributed by atoms with Crippen LogP contribution in [0.4, 0.5) is 0 Å². The molecule has 0 saturated heterocycles. The lowest BCUT2D eigenvalue weighted by atomic mass is 9.98. The zero-order valence-electron chi connectivity index (χ0n) is 10.6. The zero-order chi connectivity index (χ0) is 11.7. The average molecular weight is 217 g/mol. The molecular formula is C12H27NO2. The first-order valence-corrected chi connectivity index (χ1v) is 6.07. The molecule has 2 N–H and O–H groups in total. The quantitative estimate of drug-likeness (QED) is 0.579. The Morgan fingerprint density at radius 1 is 1.33 bits per heavy atom. The minimum absolute atomic E-state index is 0.0200. The van der Waals surface area contributed by atoms with Crippen molar-refractivity contribution in [2.24, 2.45) is 5.92 Å². The fourth-order valence-electron chi connectivity index (χ4n) is 1.68. The van der Waals surface area contributed by atoms with Gasteiger partial charge < -0.3 is 15.2 Å². The highest BCUT2D eigenvalue weighted by Crippen LogP contribution is 2.13. The van der Waals surface area contributed by atoms with Crippen LogP contribution in [0.3, 0.4) is 0 Å². The van der Waals surface area contributed by atoms with Crippen LogP contribution in [0.2, 0.25) is 0 Å². The largest absolute Gasteiger partial charge is 0.390 e. The molecule has 2 unspecified atom stereocenters. The summed E-state index contributed by atoms with van der Waals surface area (Å²) in [4.78, 5) is 0. The van der Waals surface area contributed by atoms with Crippen LogP contribution in [0.1, 0.15) is 40.0 Å². The second kappa shape index (κ2) is 9.13. The summed E-state index contributed by atoms with van der Waals surface area (Å²) in [6.07, 6.45) is 2.49. The maximum absolute atomic E-state index is 9.69. The van der Waals surface area contributed by atoms with E-state index in [-0.39, 0.29) is 12.2 Å². The van der Waals surface area contributed by atoms with Gasteiger partial charge in [-0.05, 0) is 38.3 Å². The van der Waals surface area contributed by atoms with Crippen molar-refractivity contribution >= 4 is 0 Å². The third-order valence-electron chi connectivity index (χ3n) is 2.70. The molecule has 0 spiro atoms. The van der Waals surface area contributed by atoms with Crippen LogP contribution in [0.5, 0.6) is 0 Å². The first-order chi connectivity index (χ1) is 7.15. The second-order valence-electron chi connectivity index (χ2n) is 4.29. The molecule has 3 heteroatoms. The van der Waals surface area contributed by atoms with Gasteiger partial charge >= 0.3 is 0 Å². The summed E-state index contributed by atoms with van der Waals surface area (Å²) in [6, 6.07) is 0. The third-order valence-corrected chi connectivity index (χ3v) is 2.70. The molecule has 0 aromatic rings. The van der Waals surface area contributed by atoms with Gasteiger partial charge in [0.15, 0.2) is 0 Å². The Balaban J connectivity index is 3.74. The predicted octanol–water partition coefficient (Wildman–Crippen LogP) is 1.80. The minimum Gasteiger partial charge on any atom is -0.390 e. The fraction of sp³-hybridized carbons (Fsp3) is 1.00. The van der Waals surface area contributed by atoms with Gasteiger partial charge in [-0.3, -0.25) is 0 Å². The van der Waals surface area contributed by atoms with E-state index in [1.807, 2.05) is 6.92 Å². The molecule has 0 heterocycles. The monoisotopic (exact) mass is 217 g/mol. The molecular weight excluding hydrogens is 190 g/mol. The molecule has 3 nitrogen and oxygen atoms in total. The predicted molar refractivity (Wildman–Crippen MR) is 64.0 cm³/mol. The van der Waals surface area contributed by atoms with Crippen LogP contribution >= 0.6 is 0 Å². The van der Waals surface area contributed by atoms with E-state index in [2.05, 4.69) is 19.2 Å². The highest BCUT2D eigenvalue weighted by Gasteiger charge is 2.19. The number of methoxy groups -OCH3 is 1. The summed E-state index contributed by atoms with van der Waals surface area (Å²) in [7, 11) is 1.68. The van der Waals surface area contributed by atoms with Crippen LogP contribution in [0.25, 0.3) is 0 Å². The van der Waals surface area contributed by atoms with Gasteiger partial charge in [-0.25, -0.2) is 0 Å². The molecule has 0 amide bonds. The summed E-state index contributed by atoms with van der Waals surface area (Å²) in [5, 5.41) is 13.1. The molecule has 0 bridgehead atoms. The lowest BCUT2D eigenvalue weighted by Crippen LogP contribution is -2.32. The molecule has 92 valence electrons. The van der Waals surface area contributed by atoms with Gasteiger partial charge in [0.25, 0.3) is 0 Å². The second-order valence-corrected chi connectivity index (χ2v) is 4.29. The molecule has 0 rings (SSSR count). The smallest absolute Gasteiger partial charge is 0.0833 e. The van der Waals surface area contributed by atoms with Crippen LogP contribution < -0.4 is 5.32 Å². The zero-order valence-corrected chi connectivity index (χ0v) is 10.6. The highest BCUT2D eigenvalue weighted by atomic mass is 16.5. The van der Waals surface area contributed by atoms with Crippen molar-refractivity contribution in [2.75, 3.05) is 20.2 Å². The van der Waals surface area contributed by atoms with Crippen LogP contribution in [-0.2, 0) is 4.74 Å². The van der Waals surface area contributed by atoms with Crippen LogP contribution in [-0.4, -0.2) is 37.5 Å². The molecule has 0 fully saturated rings. The molecule has 0 aliphatic heterocycles. The Hall–Kier alpha value is -0.120. The number of aliphatic hydroxyl groups excluding tert-OH is 1. The van der Waals surface area contributed by atoms with Crippen molar-refractivity contribution in [1.29, 1.82) is 0 Å². The number of aliphatic hydroxyl groups is 1. The molecule has 0 aliphatic carbocycles. The number of ether oxygens (including phenoxy) is 1. The number of rotatable bonds is 9. The van der Waals surface area contributed by atoms with E-state index in [1.54, 1.807) is 7.11 Å². The Bertz CT molecular complexity index is 142. The number of hydrogen-bond donors (Lipinski definition) is 2. The van der Waals surface area contributed by atoms with Gasteiger partial charge in [-0.1, -0.05) is 20.8 Å². The van der Waals surface area contributed by atoms with Crippen LogP contribution in [0, 0.1) is 5.92 Å². The van der Waals surface area contributed by atoms with Crippen molar-refractivity contribution in [2.45, 2.75) is 52.2 Å². The number of hydrogen-bond acceptors (Lipinski definition) is 3. The normalized spacial score (nSPS) is 17.4. The molecule has 0 saturated carbocycles. The summed E-state index contributed by atoms with van der Waals surface area (Å²) in [5.41, 5.74) is 0. The van der Waals surface area contributed by atoms with Gasteiger partial charge in [0.05, 0.1) is 12.2 Å². The lowest BCUT2D eigenvalue weighted by Gasteiger charge is -2.23. The van der Waals surface area contributed by atoms with Gasteiger partial charge in [0, 0.05) is 7.11 Å². The van der Waals surface area contributed by atoms with Gasteiger partial charge in [-0.15, -0.1) is 0 Å². The first-order valence-electron chi connectivity index (χ1n) is 6.07. The van der Waals surface area contributed by atoms with Crippen molar-refractivity contribution in [3.63, 3.8) is 0 Å². The SMILES string of the molecule is CCCNCC(C)C[C@H](OC)C(O)CC. The fourth-order valence-corrected chi connectivity index (χ4v) is 1.68. The summed E-state index contributed by atoms with van der Waals surface area (Å²) >= 11 is 0. The van der Waals surface area contributed by atoms with Gasteiger partial charge in [0.2, 0.25) is 0 Å². The highest BCUT2D eigenvalue weighted by molar-refractivity contribution is 4.71. The van der Waals surface area contributed by atoms with Crippen molar-refractivity contribution < 1.29 is 9.84 Å². The third kappa shape index (κ3) is 6.88. The molecule has 0 radical (unpaired) electrons. The Kier molecular flexibility index (Phi) is 9.06. The van der Waals surface area contributed by atoms with E-state index >= 15 is 0 Å². The Morgan fingerprint density at radius 2 is 2.00 bits per heavy atom. The van der Waals surface area contributed by atoms with E-state index in [9.17, 15) is 5.11 Å². The Morgan fingerprint density at radius 3 is 2.47 bits per heavy atom. The lowest BCUT2D eigenvalue weighted by molar-refractivity contribution is -0.0248.